The van der Waals surface area contributed by atoms with Gasteiger partial charge in [0, 0.05) is 22.5 Å². The number of hydrogen-bond donors (Lipinski definition) is 1. The molecule has 170 valence electrons. The van der Waals surface area contributed by atoms with E-state index in [9.17, 15) is 4.79 Å². The number of amides is 1. The number of carbonyl (C=O) groups is 1. The fourth-order valence-electron chi connectivity index (χ4n) is 4.33. The molecule has 0 saturated carbocycles. The normalized spacial score (nSPS) is 16.1. The van der Waals surface area contributed by atoms with Crippen molar-refractivity contribution < 1.29 is 9.53 Å². The molecule has 4 nitrogen and oxygen atoms in total. The van der Waals surface area contributed by atoms with Gasteiger partial charge < -0.3 is 15.0 Å². The van der Waals surface area contributed by atoms with Crippen molar-refractivity contribution in [2.75, 3.05) is 33.3 Å². The van der Waals surface area contributed by atoms with Gasteiger partial charge >= 0.3 is 0 Å². The van der Waals surface area contributed by atoms with Crippen molar-refractivity contribution >= 4 is 29.9 Å². The van der Waals surface area contributed by atoms with Crippen LogP contribution in [0.3, 0.4) is 0 Å². The number of likely N-dealkylation sites (tertiary alicyclic amines) is 1. The monoisotopic (exact) mass is 464 g/mol. The molecule has 0 radical (unpaired) electrons. The number of ether oxygens (including phenoxy) is 1. The Morgan fingerprint density at radius 1 is 1.13 bits per heavy atom. The lowest BCUT2D eigenvalue weighted by Gasteiger charge is -2.37. The average molecular weight is 465 g/mol. The predicted molar refractivity (Wildman–Crippen MR) is 131 cm³/mol. The highest BCUT2D eigenvalue weighted by Gasteiger charge is 2.32. The highest BCUT2D eigenvalue weighted by molar-refractivity contribution is 6.30. The molecule has 1 heterocycles. The second kappa shape index (κ2) is 12.3. The summed E-state index contributed by atoms with van der Waals surface area (Å²) in [6.45, 7) is 6.18. The lowest BCUT2D eigenvalue weighted by atomic mass is 9.74. The number of methoxy groups -OCH3 is 1. The molecule has 1 aliphatic heterocycles. The summed E-state index contributed by atoms with van der Waals surface area (Å²) in [5, 5.41) is 3.76. The third kappa shape index (κ3) is 6.86. The van der Waals surface area contributed by atoms with E-state index < -0.39 is 0 Å². The van der Waals surface area contributed by atoms with E-state index >= 15 is 0 Å². The van der Waals surface area contributed by atoms with E-state index in [2.05, 4.69) is 29.3 Å². The van der Waals surface area contributed by atoms with E-state index in [0.29, 0.717) is 17.1 Å². The van der Waals surface area contributed by atoms with Crippen LogP contribution < -0.4 is 10.1 Å². The summed E-state index contributed by atoms with van der Waals surface area (Å²) < 4.78 is 5.48. The number of hydrogen-bond acceptors (Lipinski definition) is 3. The van der Waals surface area contributed by atoms with Gasteiger partial charge in [-0.25, -0.2) is 0 Å². The van der Waals surface area contributed by atoms with Crippen LogP contribution in [-0.2, 0) is 5.41 Å². The van der Waals surface area contributed by atoms with Crippen LogP contribution in [0.2, 0.25) is 5.02 Å². The molecule has 31 heavy (non-hydrogen) atoms. The lowest BCUT2D eigenvalue weighted by molar-refractivity contribution is 0.0937. The van der Waals surface area contributed by atoms with E-state index in [0.717, 1.165) is 25.1 Å². The Hall–Kier alpha value is -1.75. The summed E-state index contributed by atoms with van der Waals surface area (Å²) >= 11 is 6.07. The van der Waals surface area contributed by atoms with Crippen molar-refractivity contribution in [3.63, 3.8) is 0 Å². The van der Waals surface area contributed by atoms with E-state index in [1.54, 1.807) is 25.3 Å². The molecule has 6 heteroatoms. The number of rotatable bonds is 9. The molecule has 2 aromatic rings. The molecule has 1 unspecified atom stereocenters. The zero-order valence-electron chi connectivity index (χ0n) is 18.5. The van der Waals surface area contributed by atoms with Crippen LogP contribution in [-0.4, -0.2) is 44.1 Å². The Balaban J connectivity index is 0.00000341. The Morgan fingerprint density at radius 2 is 1.87 bits per heavy atom. The first kappa shape index (κ1) is 25.5. The topological polar surface area (TPSA) is 41.6 Å². The van der Waals surface area contributed by atoms with Gasteiger partial charge in [0.05, 0.1) is 7.11 Å². The largest absolute Gasteiger partial charge is 0.497 e. The minimum Gasteiger partial charge on any atom is -0.497 e. The summed E-state index contributed by atoms with van der Waals surface area (Å²) in [4.78, 5) is 15.4. The first-order chi connectivity index (χ1) is 14.6. The van der Waals surface area contributed by atoms with Crippen LogP contribution in [0.5, 0.6) is 5.75 Å². The zero-order valence-corrected chi connectivity index (χ0v) is 20.1. The molecular weight excluding hydrogens is 431 g/mol. The molecule has 1 fully saturated rings. The SMILES string of the molecule is CCC(CCN1CCCCC1)(CNC(=O)c1cccc(Cl)c1)c1cccc(OC)c1.Cl. The maximum atomic E-state index is 12.8. The number of nitrogens with zero attached hydrogens (tertiary/aromatic N) is 1. The van der Waals surface area contributed by atoms with Gasteiger partial charge in [0.1, 0.15) is 5.75 Å². The molecule has 0 bridgehead atoms. The fourth-order valence-corrected chi connectivity index (χ4v) is 4.52. The second-order valence-electron chi connectivity index (χ2n) is 8.21. The van der Waals surface area contributed by atoms with Crippen molar-refractivity contribution in [2.24, 2.45) is 0 Å². The highest BCUT2D eigenvalue weighted by atomic mass is 35.5. The quantitative estimate of drug-likeness (QED) is 0.515. The van der Waals surface area contributed by atoms with Gasteiger partial charge in [0.15, 0.2) is 0 Å². The first-order valence-electron chi connectivity index (χ1n) is 11.0. The summed E-state index contributed by atoms with van der Waals surface area (Å²) in [5.41, 5.74) is 1.65. The van der Waals surface area contributed by atoms with E-state index in [1.165, 1.54) is 37.9 Å². The molecule has 0 spiro atoms. The van der Waals surface area contributed by atoms with Gasteiger partial charge in [0.25, 0.3) is 5.91 Å². The van der Waals surface area contributed by atoms with Crippen LogP contribution in [0.15, 0.2) is 48.5 Å². The smallest absolute Gasteiger partial charge is 0.251 e. The van der Waals surface area contributed by atoms with Gasteiger partial charge in [-0.3, -0.25) is 4.79 Å². The molecule has 1 atom stereocenters. The summed E-state index contributed by atoms with van der Waals surface area (Å²) in [7, 11) is 1.70. The van der Waals surface area contributed by atoms with Crippen molar-refractivity contribution in [1.82, 2.24) is 10.2 Å². The van der Waals surface area contributed by atoms with Crippen LogP contribution in [0.1, 0.15) is 54.9 Å². The molecule has 1 saturated heterocycles. The van der Waals surface area contributed by atoms with Crippen LogP contribution in [0.4, 0.5) is 0 Å². The molecule has 1 aliphatic rings. The molecular formula is C25H34Cl2N2O2. The van der Waals surface area contributed by atoms with E-state index in [1.807, 2.05) is 18.2 Å². The van der Waals surface area contributed by atoms with Crippen LogP contribution >= 0.6 is 24.0 Å². The van der Waals surface area contributed by atoms with Gasteiger partial charge in [-0.05, 0) is 81.2 Å². The zero-order chi connectivity index (χ0) is 21.4. The second-order valence-corrected chi connectivity index (χ2v) is 8.65. The lowest BCUT2D eigenvalue weighted by Crippen LogP contribution is -2.43. The van der Waals surface area contributed by atoms with Crippen molar-refractivity contribution in [1.29, 1.82) is 0 Å². The Bertz CT molecular complexity index is 840. The number of piperidine rings is 1. The van der Waals surface area contributed by atoms with Gasteiger partial charge in [0.2, 0.25) is 0 Å². The molecule has 0 aromatic heterocycles. The van der Waals surface area contributed by atoms with Crippen LogP contribution in [0.25, 0.3) is 0 Å². The maximum absolute atomic E-state index is 12.8. The fraction of sp³-hybridized carbons (Fsp3) is 0.480. The Labute approximate surface area is 197 Å². The molecule has 3 rings (SSSR count). The third-order valence-corrected chi connectivity index (χ3v) is 6.62. The standard InChI is InChI=1S/C25H33ClN2O2.ClH/c1-3-25(13-16-28-14-5-4-6-15-28,21-10-8-12-23(18-21)30-2)19-27-24(29)20-9-7-11-22(26)17-20;/h7-12,17-18H,3-6,13-16,19H2,1-2H3,(H,27,29);1H. The predicted octanol–water partition coefficient (Wildman–Crippen LogP) is 5.72. The van der Waals surface area contributed by atoms with Gasteiger partial charge in [-0.15, -0.1) is 12.4 Å². The number of nitrogens with one attached hydrogen (secondary N) is 1. The Kier molecular flexibility index (Phi) is 10.1. The molecule has 0 aliphatic carbocycles. The van der Waals surface area contributed by atoms with Gasteiger partial charge in [-0.1, -0.05) is 43.1 Å². The maximum Gasteiger partial charge on any atom is 0.251 e. The van der Waals surface area contributed by atoms with E-state index in [4.69, 9.17) is 16.3 Å². The Morgan fingerprint density at radius 3 is 2.55 bits per heavy atom. The summed E-state index contributed by atoms with van der Waals surface area (Å²) in [5.74, 6) is 0.764. The van der Waals surface area contributed by atoms with Crippen molar-refractivity contribution in [2.45, 2.75) is 44.4 Å². The van der Waals surface area contributed by atoms with Crippen molar-refractivity contribution in [3.05, 3.63) is 64.7 Å². The first-order valence-corrected chi connectivity index (χ1v) is 11.3. The third-order valence-electron chi connectivity index (χ3n) is 6.39. The average Bonchev–Trinajstić information content (AvgIpc) is 2.80. The summed E-state index contributed by atoms with van der Waals surface area (Å²) in [6, 6.07) is 15.4. The number of halogens is 2. The van der Waals surface area contributed by atoms with E-state index in [-0.39, 0.29) is 23.7 Å². The van der Waals surface area contributed by atoms with Gasteiger partial charge in [-0.2, -0.15) is 0 Å². The highest BCUT2D eigenvalue weighted by Crippen LogP contribution is 2.34. The van der Waals surface area contributed by atoms with Crippen LogP contribution in [0, 0.1) is 0 Å². The number of benzene rings is 2. The summed E-state index contributed by atoms with van der Waals surface area (Å²) in [6.07, 6.45) is 5.82. The minimum absolute atomic E-state index is 0. The molecule has 1 N–H and O–H groups in total. The number of carbonyl (C=O) groups excluding carboxylic acids is 1. The molecule has 1 amide bonds. The molecule has 2 aromatic carbocycles. The minimum atomic E-state index is -0.153. The van der Waals surface area contributed by atoms with Crippen molar-refractivity contribution in [3.8, 4) is 5.75 Å².